The van der Waals surface area contributed by atoms with E-state index in [1.165, 1.54) is 17.7 Å². The van der Waals surface area contributed by atoms with Gasteiger partial charge in [0.25, 0.3) is 5.91 Å². The second-order valence-corrected chi connectivity index (χ2v) is 10.9. The molecule has 1 unspecified atom stereocenters. The molecular formula is C32H35F3N4O3. The lowest BCUT2D eigenvalue weighted by Gasteiger charge is -2.35. The van der Waals surface area contributed by atoms with Gasteiger partial charge in [-0.1, -0.05) is 30.3 Å². The van der Waals surface area contributed by atoms with Gasteiger partial charge in [0.2, 0.25) is 0 Å². The molecule has 222 valence electrons. The van der Waals surface area contributed by atoms with Gasteiger partial charge in [-0.05, 0) is 86.1 Å². The van der Waals surface area contributed by atoms with E-state index in [-0.39, 0.29) is 17.7 Å². The summed E-state index contributed by atoms with van der Waals surface area (Å²) in [5, 5.41) is 8.22. The molecule has 0 spiro atoms. The molecule has 3 aromatic rings. The van der Waals surface area contributed by atoms with Crippen molar-refractivity contribution >= 4 is 29.0 Å². The third-order valence-corrected chi connectivity index (χ3v) is 7.81. The summed E-state index contributed by atoms with van der Waals surface area (Å²) in [5.41, 5.74) is 2.38. The van der Waals surface area contributed by atoms with Crippen LogP contribution in [0.15, 0.2) is 72.8 Å². The zero-order chi connectivity index (χ0) is 29.5. The average molecular weight is 581 g/mol. The minimum absolute atomic E-state index is 0.0121. The van der Waals surface area contributed by atoms with Crippen molar-refractivity contribution in [2.75, 3.05) is 41.8 Å². The number of hydrogen-bond donors (Lipinski definition) is 3. The summed E-state index contributed by atoms with van der Waals surface area (Å²) in [6.07, 6.45) is 0.427. The van der Waals surface area contributed by atoms with Crippen molar-refractivity contribution in [3.8, 4) is 0 Å². The van der Waals surface area contributed by atoms with Gasteiger partial charge in [-0.3, -0.25) is 4.79 Å². The smallest absolute Gasteiger partial charge is 0.376 e. The molecule has 3 amide bonds. The summed E-state index contributed by atoms with van der Waals surface area (Å²) < 4.78 is 44.2. The summed E-state index contributed by atoms with van der Waals surface area (Å²) in [6, 6.07) is 19.2. The minimum atomic E-state index is -4.46. The molecule has 2 aliphatic heterocycles. The fourth-order valence-corrected chi connectivity index (χ4v) is 5.54. The molecule has 10 heteroatoms. The van der Waals surface area contributed by atoms with Crippen LogP contribution in [0.25, 0.3) is 0 Å². The quantitative estimate of drug-likeness (QED) is 0.276. The Labute approximate surface area is 243 Å². The van der Waals surface area contributed by atoms with Crippen LogP contribution >= 0.6 is 0 Å². The summed E-state index contributed by atoms with van der Waals surface area (Å²) >= 11 is 0. The molecule has 0 aliphatic carbocycles. The number of hydrogen-bond acceptors (Lipinski definition) is 4. The molecule has 0 bridgehead atoms. The number of urea groups is 1. The number of carbonyl (C=O) groups is 2. The molecule has 42 heavy (non-hydrogen) atoms. The zero-order valence-electron chi connectivity index (χ0n) is 23.3. The zero-order valence-corrected chi connectivity index (χ0v) is 23.3. The lowest BCUT2D eigenvalue weighted by Crippen LogP contribution is -2.37. The number of benzene rings is 3. The predicted octanol–water partition coefficient (Wildman–Crippen LogP) is 6.72. The van der Waals surface area contributed by atoms with Crippen molar-refractivity contribution in [1.29, 1.82) is 0 Å². The fourth-order valence-electron chi connectivity index (χ4n) is 5.54. The SMILES string of the molecule is O=C(Nc1ccc(C(F)(F)F)cc1)Nc1ccc(N2CCC(Cc3ccccc3)CC2)c(C(=O)NCC2CCCO2)c1. The van der Waals surface area contributed by atoms with E-state index in [1.54, 1.807) is 12.1 Å². The molecule has 2 heterocycles. The Balaban J connectivity index is 1.26. The van der Waals surface area contributed by atoms with E-state index >= 15 is 0 Å². The molecule has 2 aliphatic rings. The number of anilines is 3. The number of alkyl halides is 3. The molecule has 2 saturated heterocycles. The number of rotatable bonds is 8. The number of halogens is 3. The average Bonchev–Trinajstić information content (AvgIpc) is 3.51. The second-order valence-electron chi connectivity index (χ2n) is 10.9. The maximum Gasteiger partial charge on any atom is 0.416 e. The van der Waals surface area contributed by atoms with E-state index in [9.17, 15) is 22.8 Å². The number of amides is 3. The summed E-state index contributed by atoms with van der Waals surface area (Å²) in [6.45, 7) is 2.72. The van der Waals surface area contributed by atoms with Gasteiger partial charge < -0.3 is 25.6 Å². The largest absolute Gasteiger partial charge is 0.416 e. The van der Waals surface area contributed by atoms with Crippen LogP contribution in [0.2, 0.25) is 0 Å². The molecule has 0 aromatic heterocycles. The Bertz CT molecular complexity index is 1350. The molecule has 3 N–H and O–H groups in total. The van der Waals surface area contributed by atoms with Crippen molar-refractivity contribution in [1.82, 2.24) is 5.32 Å². The van der Waals surface area contributed by atoms with E-state index in [4.69, 9.17) is 4.74 Å². The van der Waals surface area contributed by atoms with Crippen LogP contribution in [0, 0.1) is 5.92 Å². The monoisotopic (exact) mass is 580 g/mol. The number of ether oxygens (including phenoxy) is 1. The first-order valence-corrected chi connectivity index (χ1v) is 14.3. The molecule has 0 radical (unpaired) electrons. The molecular weight excluding hydrogens is 545 g/mol. The summed E-state index contributed by atoms with van der Waals surface area (Å²) in [4.78, 5) is 28.3. The van der Waals surface area contributed by atoms with Crippen molar-refractivity contribution in [3.63, 3.8) is 0 Å². The second kappa shape index (κ2) is 13.3. The number of nitrogens with zero attached hydrogens (tertiary/aromatic N) is 1. The number of nitrogens with one attached hydrogen (secondary N) is 3. The van der Waals surface area contributed by atoms with Gasteiger partial charge in [-0.15, -0.1) is 0 Å². The third kappa shape index (κ3) is 7.82. The number of piperidine rings is 1. The van der Waals surface area contributed by atoms with Gasteiger partial charge in [0, 0.05) is 43.3 Å². The third-order valence-electron chi connectivity index (χ3n) is 7.81. The van der Waals surface area contributed by atoms with E-state index in [0.29, 0.717) is 30.3 Å². The maximum absolute atomic E-state index is 13.4. The lowest BCUT2D eigenvalue weighted by molar-refractivity contribution is -0.137. The first-order valence-electron chi connectivity index (χ1n) is 14.3. The fraction of sp³-hybridized carbons (Fsp3) is 0.375. The normalized spacial score (nSPS) is 17.6. The molecule has 3 aromatic carbocycles. The standard InChI is InChI=1S/C32H35F3N4O3/c33-32(34,35)24-8-10-25(11-9-24)37-31(41)38-26-12-13-29(28(20-26)30(40)36-21-27-7-4-18-42-27)39-16-14-23(15-17-39)19-22-5-2-1-3-6-22/h1-3,5-6,8-13,20,23,27H,4,7,14-19,21H2,(H,36,40)(H2,37,38,41). The van der Waals surface area contributed by atoms with Gasteiger partial charge in [-0.2, -0.15) is 13.2 Å². The highest BCUT2D eigenvalue weighted by Gasteiger charge is 2.30. The van der Waals surface area contributed by atoms with Gasteiger partial charge in [0.15, 0.2) is 0 Å². The Morgan fingerprint density at radius 2 is 1.57 bits per heavy atom. The lowest BCUT2D eigenvalue weighted by atomic mass is 9.89. The van der Waals surface area contributed by atoms with Crippen molar-refractivity contribution in [2.45, 2.75) is 44.4 Å². The highest BCUT2D eigenvalue weighted by molar-refractivity contribution is 6.04. The van der Waals surface area contributed by atoms with Crippen LogP contribution in [-0.2, 0) is 17.3 Å². The maximum atomic E-state index is 13.4. The van der Waals surface area contributed by atoms with Crippen molar-refractivity contribution < 1.29 is 27.5 Å². The Hall–Kier alpha value is -4.05. The van der Waals surface area contributed by atoms with Crippen LogP contribution in [0.3, 0.4) is 0 Å². The van der Waals surface area contributed by atoms with E-state index in [2.05, 4.69) is 45.1 Å². The Kier molecular flexibility index (Phi) is 9.31. The van der Waals surface area contributed by atoms with Crippen molar-refractivity contribution in [2.24, 2.45) is 5.92 Å². The van der Waals surface area contributed by atoms with Crippen LogP contribution in [0.4, 0.5) is 35.0 Å². The van der Waals surface area contributed by atoms with Gasteiger partial charge in [-0.25, -0.2) is 4.79 Å². The molecule has 1 atom stereocenters. The van der Waals surface area contributed by atoms with Gasteiger partial charge >= 0.3 is 12.2 Å². The van der Waals surface area contributed by atoms with Crippen molar-refractivity contribution in [3.05, 3.63) is 89.5 Å². The molecule has 2 fully saturated rings. The highest BCUT2D eigenvalue weighted by Crippen LogP contribution is 2.31. The topological polar surface area (TPSA) is 82.7 Å². The van der Waals surface area contributed by atoms with Gasteiger partial charge in [0.1, 0.15) is 0 Å². The van der Waals surface area contributed by atoms with E-state index in [1.807, 2.05) is 12.1 Å². The van der Waals surface area contributed by atoms with Crippen LogP contribution < -0.4 is 20.9 Å². The number of carbonyl (C=O) groups excluding carboxylic acids is 2. The first-order chi connectivity index (χ1) is 20.2. The summed E-state index contributed by atoms with van der Waals surface area (Å²) in [7, 11) is 0. The molecule has 7 nitrogen and oxygen atoms in total. The van der Waals surface area contributed by atoms with Crippen LogP contribution in [-0.4, -0.2) is 44.3 Å². The van der Waals surface area contributed by atoms with Crippen LogP contribution in [0.5, 0.6) is 0 Å². The minimum Gasteiger partial charge on any atom is -0.376 e. The van der Waals surface area contributed by atoms with Crippen LogP contribution in [0.1, 0.15) is 47.2 Å². The Morgan fingerprint density at radius 3 is 2.24 bits per heavy atom. The van der Waals surface area contributed by atoms with E-state index < -0.39 is 17.8 Å². The molecule has 0 saturated carbocycles. The van der Waals surface area contributed by atoms with Gasteiger partial charge in [0.05, 0.1) is 17.2 Å². The molecule has 5 rings (SSSR count). The summed E-state index contributed by atoms with van der Waals surface area (Å²) in [5.74, 6) is 0.314. The predicted molar refractivity (Wildman–Crippen MR) is 157 cm³/mol. The first kappa shape index (κ1) is 29.4. The Morgan fingerprint density at radius 1 is 0.881 bits per heavy atom. The highest BCUT2D eigenvalue weighted by atomic mass is 19.4. The van der Waals surface area contributed by atoms with E-state index in [0.717, 1.165) is 63.0 Å².